The minimum atomic E-state index is -0.321. The van der Waals surface area contributed by atoms with E-state index in [9.17, 15) is 4.79 Å². The van der Waals surface area contributed by atoms with Gasteiger partial charge in [-0.1, -0.05) is 30.7 Å². The number of amides is 1. The van der Waals surface area contributed by atoms with E-state index < -0.39 is 0 Å². The zero-order valence-corrected chi connectivity index (χ0v) is 17.3. The van der Waals surface area contributed by atoms with Gasteiger partial charge in [-0.25, -0.2) is 9.97 Å². The summed E-state index contributed by atoms with van der Waals surface area (Å²) in [5.41, 5.74) is 5.02. The van der Waals surface area contributed by atoms with Crippen molar-refractivity contribution in [1.82, 2.24) is 15.3 Å². The zero-order chi connectivity index (χ0) is 20.3. The van der Waals surface area contributed by atoms with Crippen molar-refractivity contribution in [2.45, 2.75) is 39.7 Å². The number of aryl methyl sites for hydroxylation is 1. The molecule has 3 aromatic rings. The van der Waals surface area contributed by atoms with Crippen LogP contribution in [-0.2, 0) is 6.42 Å². The molecule has 0 radical (unpaired) electrons. The van der Waals surface area contributed by atoms with E-state index in [1.165, 1.54) is 0 Å². The molecule has 2 aromatic carbocycles. The first-order valence-electron chi connectivity index (χ1n) is 9.29. The quantitative estimate of drug-likeness (QED) is 0.631. The van der Waals surface area contributed by atoms with E-state index >= 15 is 0 Å². The molecular weight excluding hydrogens is 370 g/mol. The highest BCUT2D eigenvalue weighted by molar-refractivity contribution is 6.30. The molecule has 0 spiro atoms. The normalized spacial score (nSPS) is 11.3. The van der Waals surface area contributed by atoms with Crippen LogP contribution in [0.25, 0.3) is 22.3 Å². The second-order valence-electron chi connectivity index (χ2n) is 7.75. The molecular formula is C23H24ClN3O. The van der Waals surface area contributed by atoms with Crippen molar-refractivity contribution in [3.8, 4) is 22.3 Å². The smallest absolute Gasteiger partial charge is 0.251 e. The van der Waals surface area contributed by atoms with Crippen LogP contribution in [0.3, 0.4) is 0 Å². The molecule has 5 heteroatoms. The van der Waals surface area contributed by atoms with Crippen LogP contribution in [0.1, 0.15) is 43.7 Å². The van der Waals surface area contributed by atoms with Gasteiger partial charge in [0.25, 0.3) is 5.91 Å². The summed E-state index contributed by atoms with van der Waals surface area (Å²) in [6.07, 6.45) is 4.14. The van der Waals surface area contributed by atoms with Crippen LogP contribution >= 0.6 is 11.6 Å². The minimum Gasteiger partial charge on any atom is -0.347 e. The van der Waals surface area contributed by atoms with Crippen molar-refractivity contribution in [3.05, 3.63) is 71.3 Å². The molecule has 0 bridgehead atoms. The largest absolute Gasteiger partial charge is 0.347 e. The fraction of sp³-hybridized carbons (Fsp3) is 0.261. The predicted octanol–water partition coefficient (Wildman–Crippen LogP) is 5.55. The Balaban J connectivity index is 2.16. The Labute approximate surface area is 171 Å². The number of halogens is 1. The summed E-state index contributed by atoms with van der Waals surface area (Å²) < 4.78 is 0. The molecule has 1 N–H and O–H groups in total. The van der Waals surface area contributed by atoms with Crippen LogP contribution in [0.2, 0.25) is 5.02 Å². The SMILES string of the molecule is CCc1ncncc1-c1cc(C(=O)NC(C)(C)C)cc(-c2ccc(Cl)cc2)c1. The molecule has 0 saturated carbocycles. The van der Waals surface area contributed by atoms with Gasteiger partial charge in [-0.2, -0.15) is 0 Å². The number of nitrogens with one attached hydrogen (secondary N) is 1. The van der Waals surface area contributed by atoms with Gasteiger partial charge in [-0.15, -0.1) is 0 Å². The topological polar surface area (TPSA) is 54.9 Å². The van der Waals surface area contributed by atoms with Crippen LogP contribution in [-0.4, -0.2) is 21.4 Å². The van der Waals surface area contributed by atoms with Crippen molar-refractivity contribution in [1.29, 1.82) is 0 Å². The second-order valence-corrected chi connectivity index (χ2v) is 8.18. The van der Waals surface area contributed by atoms with Crippen molar-refractivity contribution >= 4 is 17.5 Å². The average Bonchev–Trinajstić information content (AvgIpc) is 2.67. The lowest BCUT2D eigenvalue weighted by molar-refractivity contribution is 0.0919. The van der Waals surface area contributed by atoms with E-state index in [-0.39, 0.29) is 11.4 Å². The predicted molar refractivity (Wildman–Crippen MR) is 115 cm³/mol. The molecule has 0 fully saturated rings. The average molecular weight is 394 g/mol. The molecule has 1 heterocycles. The lowest BCUT2D eigenvalue weighted by Crippen LogP contribution is -2.40. The molecule has 0 atom stereocenters. The number of nitrogens with zero attached hydrogens (tertiary/aromatic N) is 2. The third-order valence-corrected chi connectivity index (χ3v) is 4.55. The Morgan fingerprint density at radius 3 is 2.36 bits per heavy atom. The highest BCUT2D eigenvalue weighted by Crippen LogP contribution is 2.30. The molecule has 0 aliphatic carbocycles. The second kappa shape index (κ2) is 8.11. The Morgan fingerprint density at radius 2 is 1.71 bits per heavy atom. The maximum Gasteiger partial charge on any atom is 0.251 e. The number of rotatable bonds is 4. The summed E-state index contributed by atoms with van der Waals surface area (Å²) in [5.74, 6) is -0.112. The summed E-state index contributed by atoms with van der Waals surface area (Å²) in [6.45, 7) is 7.96. The monoisotopic (exact) mass is 393 g/mol. The zero-order valence-electron chi connectivity index (χ0n) is 16.6. The van der Waals surface area contributed by atoms with Gasteiger partial charge in [0.1, 0.15) is 6.33 Å². The van der Waals surface area contributed by atoms with Gasteiger partial charge in [-0.3, -0.25) is 4.79 Å². The van der Waals surface area contributed by atoms with Gasteiger partial charge in [-0.05, 0) is 74.2 Å². The van der Waals surface area contributed by atoms with Gasteiger partial charge in [0, 0.05) is 27.9 Å². The maximum absolute atomic E-state index is 12.9. The number of benzene rings is 2. The highest BCUT2D eigenvalue weighted by Gasteiger charge is 2.18. The van der Waals surface area contributed by atoms with Gasteiger partial charge >= 0.3 is 0 Å². The first-order chi connectivity index (χ1) is 13.3. The number of carbonyl (C=O) groups excluding carboxylic acids is 1. The van der Waals surface area contributed by atoms with E-state index in [4.69, 9.17) is 11.6 Å². The van der Waals surface area contributed by atoms with Crippen LogP contribution < -0.4 is 5.32 Å². The summed E-state index contributed by atoms with van der Waals surface area (Å²) in [7, 11) is 0. The lowest BCUT2D eigenvalue weighted by Gasteiger charge is -2.21. The van der Waals surface area contributed by atoms with Gasteiger partial charge < -0.3 is 5.32 Å². The first-order valence-corrected chi connectivity index (χ1v) is 9.67. The van der Waals surface area contributed by atoms with E-state index in [2.05, 4.69) is 28.3 Å². The van der Waals surface area contributed by atoms with E-state index in [0.29, 0.717) is 10.6 Å². The molecule has 1 amide bonds. The van der Waals surface area contributed by atoms with E-state index in [1.54, 1.807) is 12.5 Å². The standard InChI is InChI=1S/C23H24ClN3O/c1-5-21-20(13-25-14-26-21)17-10-16(15-6-8-19(24)9-7-15)11-18(12-17)22(28)27-23(2,3)4/h6-14H,5H2,1-4H3,(H,27,28). The number of aromatic nitrogens is 2. The van der Waals surface area contributed by atoms with Crippen LogP contribution in [0.5, 0.6) is 0 Å². The fourth-order valence-corrected chi connectivity index (χ4v) is 3.14. The summed E-state index contributed by atoms with van der Waals surface area (Å²) in [6, 6.07) is 13.5. The molecule has 28 heavy (non-hydrogen) atoms. The lowest BCUT2D eigenvalue weighted by atomic mass is 9.95. The molecule has 0 saturated heterocycles. The summed E-state index contributed by atoms with van der Waals surface area (Å²) >= 11 is 6.04. The van der Waals surface area contributed by atoms with Crippen molar-refractivity contribution in [2.75, 3.05) is 0 Å². The Kier molecular flexibility index (Phi) is 5.80. The fourth-order valence-electron chi connectivity index (χ4n) is 3.01. The van der Waals surface area contributed by atoms with Crippen LogP contribution in [0, 0.1) is 0 Å². The van der Waals surface area contributed by atoms with Crippen molar-refractivity contribution in [3.63, 3.8) is 0 Å². The Morgan fingerprint density at radius 1 is 1.04 bits per heavy atom. The highest BCUT2D eigenvalue weighted by atomic mass is 35.5. The first kappa shape index (κ1) is 20.0. The Hall–Kier alpha value is -2.72. The third-order valence-electron chi connectivity index (χ3n) is 4.30. The molecule has 0 aliphatic rings. The minimum absolute atomic E-state index is 0.112. The summed E-state index contributed by atoms with van der Waals surface area (Å²) in [4.78, 5) is 21.5. The molecule has 0 unspecified atom stereocenters. The van der Waals surface area contributed by atoms with E-state index in [1.807, 2.05) is 57.2 Å². The maximum atomic E-state index is 12.9. The van der Waals surface area contributed by atoms with E-state index in [0.717, 1.165) is 34.4 Å². The van der Waals surface area contributed by atoms with Gasteiger partial charge in [0.05, 0.1) is 5.69 Å². The van der Waals surface area contributed by atoms with Gasteiger partial charge in [0.15, 0.2) is 0 Å². The van der Waals surface area contributed by atoms with Gasteiger partial charge in [0.2, 0.25) is 0 Å². The summed E-state index contributed by atoms with van der Waals surface area (Å²) in [5, 5.41) is 3.72. The number of hydrogen-bond acceptors (Lipinski definition) is 3. The number of carbonyl (C=O) groups is 1. The van der Waals surface area contributed by atoms with Crippen molar-refractivity contribution in [2.24, 2.45) is 0 Å². The van der Waals surface area contributed by atoms with Crippen molar-refractivity contribution < 1.29 is 4.79 Å². The Bertz CT molecular complexity index is 991. The number of hydrogen-bond donors (Lipinski definition) is 1. The van der Waals surface area contributed by atoms with Crippen LogP contribution in [0.15, 0.2) is 55.0 Å². The molecule has 4 nitrogen and oxygen atoms in total. The van der Waals surface area contributed by atoms with Crippen LogP contribution in [0.4, 0.5) is 0 Å². The molecule has 3 rings (SSSR count). The molecule has 1 aromatic heterocycles. The molecule has 0 aliphatic heterocycles. The molecule has 144 valence electrons. The third kappa shape index (κ3) is 4.76.